The van der Waals surface area contributed by atoms with Crippen LogP contribution in [0.25, 0.3) is 0 Å². The Bertz CT molecular complexity index is 1040. The van der Waals surface area contributed by atoms with Crippen LogP contribution in [0.4, 0.5) is 18.9 Å². The quantitative estimate of drug-likeness (QED) is 0.656. The van der Waals surface area contributed by atoms with Crippen LogP contribution in [-0.4, -0.2) is 4.98 Å². The number of ether oxygens (including phenoxy) is 1. The third kappa shape index (κ3) is 4.83. The van der Waals surface area contributed by atoms with Crippen molar-refractivity contribution in [2.75, 3.05) is 5.32 Å². The molecule has 0 aliphatic heterocycles. The van der Waals surface area contributed by atoms with Gasteiger partial charge in [-0.05, 0) is 18.2 Å². The number of alkyl halides is 3. The smallest absolute Gasteiger partial charge is 0.433 e. The molecular weight excluding hydrogens is 418 g/mol. The van der Waals surface area contributed by atoms with E-state index in [0.717, 1.165) is 12.1 Å². The molecule has 0 aliphatic carbocycles. The van der Waals surface area contributed by atoms with Crippen LogP contribution in [0.1, 0.15) is 5.69 Å². The molecule has 0 atom stereocenters. The number of rotatable bonds is 4. The van der Waals surface area contributed by atoms with E-state index < -0.39 is 17.4 Å². The Kier molecular flexibility index (Phi) is 6.33. The minimum Gasteiger partial charge on any atom is -0.436 e. The van der Waals surface area contributed by atoms with E-state index in [1.165, 1.54) is 18.2 Å². The first-order valence-corrected chi connectivity index (χ1v) is 7.88. The van der Waals surface area contributed by atoms with Crippen molar-refractivity contribution < 1.29 is 17.9 Å². The fraction of sp³-hybridized carbons (Fsp3) is 0.0588. The van der Waals surface area contributed by atoms with Gasteiger partial charge < -0.3 is 10.1 Å². The summed E-state index contributed by atoms with van der Waals surface area (Å²) in [5.74, 6) is -0.544. The molecule has 2 rings (SSSR count). The molecule has 140 valence electrons. The highest BCUT2D eigenvalue weighted by Gasteiger charge is 2.32. The summed E-state index contributed by atoms with van der Waals surface area (Å²) in [7, 11) is 0. The van der Waals surface area contributed by atoms with Gasteiger partial charge in [-0.3, -0.25) is 0 Å². The van der Waals surface area contributed by atoms with Crippen LogP contribution >= 0.6 is 23.2 Å². The molecule has 1 N–H and O–H groups in total. The lowest BCUT2D eigenvalue weighted by atomic mass is 10.2. The average Bonchev–Trinajstić information content (AvgIpc) is 2.64. The van der Waals surface area contributed by atoms with Gasteiger partial charge in [0.1, 0.15) is 29.6 Å². The molecule has 0 unspecified atom stereocenters. The molecule has 0 saturated heterocycles. The highest BCUT2D eigenvalue weighted by Crippen LogP contribution is 2.39. The van der Waals surface area contributed by atoms with E-state index in [1.54, 1.807) is 18.2 Å². The van der Waals surface area contributed by atoms with Gasteiger partial charge in [-0.2, -0.15) is 29.0 Å². The lowest BCUT2D eigenvalue weighted by Crippen LogP contribution is -2.08. The predicted octanol–water partition coefficient (Wildman–Crippen LogP) is 5.44. The Morgan fingerprint density at radius 2 is 1.64 bits per heavy atom. The van der Waals surface area contributed by atoms with Gasteiger partial charge in [0.25, 0.3) is 0 Å². The van der Waals surface area contributed by atoms with Gasteiger partial charge in [0, 0.05) is 11.8 Å². The fourth-order valence-corrected chi connectivity index (χ4v) is 2.46. The molecule has 0 amide bonds. The molecular formula is C17H6Cl2F3N5O. The highest BCUT2D eigenvalue weighted by molar-refractivity contribution is 6.37. The number of halogens is 5. The van der Waals surface area contributed by atoms with E-state index in [9.17, 15) is 13.2 Å². The van der Waals surface area contributed by atoms with Crippen molar-refractivity contribution in [2.45, 2.75) is 6.18 Å². The van der Waals surface area contributed by atoms with Crippen LogP contribution < -0.4 is 10.1 Å². The predicted molar refractivity (Wildman–Crippen MR) is 93.3 cm³/mol. The number of hydrogen-bond donors (Lipinski definition) is 1. The molecule has 0 radical (unpaired) electrons. The van der Waals surface area contributed by atoms with Gasteiger partial charge in [-0.25, -0.2) is 4.98 Å². The van der Waals surface area contributed by atoms with Gasteiger partial charge in [-0.1, -0.05) is 29.3 Å². The zero-order valence-corrected chi connectivity index (χ0v) is 15.0. The lowest BCUT2D eigenvalue weighted by molar-refractivity contribution is -0.141. The zero-order valence-electron chi connectivity index (χ0n) is 13.5. The van der Waals surface area contributed by atoms with Crippen LogP contribution in [0.5, 0.6) is 11.6 Å². The second-order valence-electron chi connectivity index (χ2n) is 4.94. The largest absolute Gasteiger partial charge is 0.436 e. The number of anilines is 1. The SMILES string of the molecule is N#CC(C#N)=C(C#N)Nc1cc(Cl)c(Oc2cccc(C(F)(F)F)n2)c(Cl)c1. The number of nitrogens with one attached hydrogen (secondary N) is 1. The first kappa shape index (κ1) is 20.9. The van der Waals surface area contributed by atoms with Gasteiger partial charge >= 0.3 is 6.18 Å². The average molecular weight is 424 g/mol. The molecule has 0 fully saturated rings. The van der Waals surface area contributed by atoms with Crippen molar-refractivity contribution in [2.24, 2.45) is 0 Å². The minimum atomic E-state index is -4.65. The number of nitrogens with zero attached hydrogens (tertiary/aromatic N) is 4. The summed E-state index contributed by atoms with van der Waals surface area (Å²) in [6.45, 7) is 0. The summed E-state index contributed by atoms with van der Waals surface area (Å²) < 4.78 is 43.5. The monoisotopic (exact) mass is 423 g/mol. The van der Waals surface area contributed by atoms with Gasteiger partial charge in [0.05, 0.1) is 10.0 Å². The maximum absolute atomic E-state index is 12.7. The number of hydrogen-bond acceptors (Lipinski definition) is 6. The molecule has 0 spiro atoms. The summed E-state index contributed by atoms with van der Waals surface area (Å²) in [5.41, 5.74) is -1.78. The fourth-order valence-electron chi connectivity index (χ4n) is 1.89. The number of benzene rings is 1. The third-order valence-electron chi connectivity index (χ3n) is 3.07. The molecule has 6 nitrogen and oxygen atoms in total. The van der Waals surface area contributed by atoms with Gasteiger partial charge in [0.15, 0.2) is 11.3 Å². The molecule has 0 aliphatic rings. The molecule has 1 heterocycles. The molecule has 1 aromatic carbocycles. The molecule has 0 saturated carbocycles. The summed E-state index contributed by atoms with van der Waals surface area (Å²) in [6.07, 6.45) is -4.65. The topological polar surface area (TPSA) is 106 Å². The highest BCUT2D eigenvalue weighted by atomic mass is 35.5. The molecule has 0 bridgehead atoms. The minimum absolute atomic E-state index is 0.109. The normalized spacial score (nSPS) is 10.2. The summed E-state index contributed by atoms with van der Waals surface area (Å²) in [5, 5.41) is 29.0. The first-order chi connectivity index (χ1) is 13.2. The molecule has 1 aromatic heterocycles. The van der Waals surface area contributed by atoms with E-state index in [1.807, 2.05) is 0 Å². The molecule has 28 heavy (non-hydrogen) atoms. The van der Waals surface area contributed by atoms with E-state index in [2.05, 4.69) is 10.3 Å². The number of allylic oxidation sites excluding steroid dienone is 2. The standard InChI is InChI=1S/C17H6Cl2F3N5O/c18-11-4-10(26-13(8-25)9(6-23)7-24)5-12(19)16(11)28-15-3-1-2-14(27-15)17(20,21)22/h1-5,26H. The van der Waals surface area contributed by atoms with Crippen LogP contribution in [-0.2, 0) is 6.18 Å². The summed E-state index contributed by atoms with van der Waals surface area (Å²) in [4.78, 5) is 3.35. The second kappa shape index (κ2) is 8.49. The lowest BCUT2D eigenvalue weighted by Gasteiger charge is -2.13. The van der Waals surface area contributed by atoms with Crippen molar-refractivity contribution in [1.29, 1.82) is 15.8 Å². The van der Waals surface area contributed by atoms with E-state index in [-0.39, 0.29) is 33.1 Å². The van der Waals surface area contributed by atoms with E-state index in [4.69, 9.17) is 43.7 Å². The maximum Gasteiger partial charge on any atom is 0.433 e. The molecule has 11 heteroatoms. The Morgan fingerprint density at radius 3 is 2.14 bits per heavy atom. The van der Waals surface area contributed by atoms with Crippen LogP contribution in [0.15, 0.2) is 41.6 Å². The van der Waals surface area contributed by atoms with Crippen molar-refractivity contribution in [3.05, 3.63) is 57.3 Å². The number of pyridine rings is 1. The van der Waals surface area contributed by atoms with Crippen LogP contribution in [0.3, 0.4) is 0 Å². The van der Waals surface area contributed by atoms with Crippen molar-refractivity contribution in [3.8, 4) is 29.8 Å². The second-order valence-corrected chi connectivity index (χ2v) is 5.75. The Balaban J connectivity index is 2.36. The van der Waals surface area contributed by atoms with Crippen molar-refractivity contribution in [1.82, 2.24) is 4.98 Å². The Hall–Kier alpha value is -3.45. The zero-order chi connectivity index (χ0) is 20.9. The third-order valence-corrected chi connectivity index (χ3v) is 3.64. The van der Waals surface area contributed by atoms with Crippen LogP contribution in [0.2, 0.25) is 10.0 Å². The van der Waals surface area contributed by atoms with Gasteiger partial charge in [0.2, 0.25) is 5.88 Å². The Morgan fingerprint density at radius 1 is 1.04 bits per heavy atom. The van der Waals surface area contributed by atoms with Gasteiger partial charge in [-0.15, -0.1) is 0 Å². The molecule has 2 aromatic rings. The first-order valence-electron chi connectivity index (χ1n) is 7.12. The summed E-state index contributed by atoms with van der Waals surface area (Å²) >= 11 is 12.1. The van der Waals surface area contributed by atoms with Crippen LogP contribution in [0, 0.1) is 34.0 Å². The summed E-state index contributed by atoms with van der Waals surface area (Å²) in [6, 6.07) is 10.3. The van der Waals surface area contributed by atoms with Crippen molar-refractivity contribution in [3.63, 3.8) is 0 Å². The number of nitriles is 3. The van der Waals surface area contributed by atoms with E-state index >= 15 is 0 Å². The number of aromatic nitrogens is 1. The maximum atomic E-state index is 12.7. The Labute approximate surface area is 166 Å². The van der Waals surface area contributed by atoms with Crippen molar-refractivity contribution >= 4 is 28.9 Å². The van der Waals surface area contributed by atoms with E-state index in [0.29, 0.717) is 0 Å².